The highest BCUT2D eigenvalue weighted by atomic mass is 79.9. The second kappa shape index (κ2) is 3.71. The summed E-state index contributed by atoms with van der Waals surface area (Å²) in [5.74, 6) is 0. The van der Waals surface area contributed by atoms with E-state index in [1.54, 1.807) is 12.4 Å². The maximum atomic E-state index is 5.61. The summed E-state index contributed by atoms with van der Waals surface area (Å²) in [5.41, 5.74) is 7.85. The van der Waals surface area contributed by atoms with Crippen molar-refractivity contribution < 1.29 is 0 Å². The molecule has 0 atom stereocenters. The molecule has 0 bridgehead atoms. The van der Waals surface area contributed by atoms with Crippen molar-refractivity contribution in [2.24, 2.45) is 0 Å². The summed E-state index contributed by atoms with van der Waals surface area (Å²) in [7, 11) is 0. The highest BCUT2D eigenvalue weighted by Crippen LogP contribution is 2.17. The number of pyridine rings is 1. The topological polar surface area (TPSA) is 64.7 Å². The fourth-order valence-electron chi connectivity index (χ4n) is 1.07. The molecule has 2 N–H and O–H groups in total. The van der Waals surface area contributed by atoms with Crippen LogP contribution in [0.4, 0.5) is 5.69 Å². The number of aromatic nitrogens is 3. The number of halogens is 1. The normalized spacial score (nSPS) is 10.1. The smallest absolute Gasteiger partial charge is 0.128 e. The maximum absolute atomic E-state index is 5.61. The van der Waals surface area contributed by atoms with E-state index in [1.807, 2.05) is 18.2 Å². The zero-order chi connectivity index (χ0) is 9.97. The van der Waals surface area contributed by atoms with Gasteiger partial charge in [0.15, 0.2) is 0 Å². The van der Waals surface area contributed by atoms with Gasteiger partial charge in [0.25, 0.3) is 0 Å². The molecule has 0 amide bonds. The van der Waals surface area contributed by atoms with E-state index in [0.717, 1.165) is 11.3 Å². The Morgan fingerprint density at radius 1 is 1.14 bits per heavy atom. The number of nitrogens with two attached hydrogens (primary N) is 1. The third kappa shape index (κ3) is 1.88. The molecule has 0 aliphatic carbocycles. The molecule has 0 saturated heterocycles. The lowest BCUT2D eigenvalue weighted by atomic mass is 10.2. The Kier molecular flexibility index (Phi) is 2.41. The molecular weight excluding hydrogens is 244 g/mol. The first-order valence-corrected chi connectivity index (χ1v) is 4.75. The van der Waals surface area contributed by atoms with E-state index >= 15 is 0 Å². The summed E-state index contributed by atoms with van der Waals surface area (Å²) in [6.07, 6.45) is 3.30. The third-order valence-electron chi connectivity index (χ3n) is 1.69. The van der Waals surface area contributed by atoms with Gasteiger partial charge in [-0.25, -0.2) is 0 Å². The lowest BCUT2D eigenvalue weighted by molar-refractivity contribution is 1.01. The van der Waals surface area contributed by atoms with Gasteiger partial charge in [-0.15, -0.1) is 10.2 Å². The van der Waals surface area contributed by atoms with Crippen LogP contribution in [0, 0.1) is 0 Å². The number of rotatable bonds is 1. The minimum Gasteiger partial charge on any atom is -0.397 e. The lowest BCUT2D eigenvalue weighted by Crippen LogP contribution is -1.91. The first-order chi connectivity index (χ1) is 6.75. The molecule has 2 aromatic rings. The van der Waals surface area contributed by atoms with Gasteiger partial charge in [-0.1, -0.05) is 0 Å². The SMILES string of the molecule is Nc1cncc(-c2ccc(Br)nn2)c1. The largest absolute Gasteiger partial charge is 0.397 e. The number of anilines is 1. The van der Waals surface area contributed by atoms with Crippen LogP contribution in [0.3, 0.4) is 0 Å². The summed E-state index contributed by atoms with van der Waals surface area (Å²) in [5, 5.41) is 7.88. The van der Waals surface area contributed by atoms with Gasteiger partial charge in [0.2, 0.25) is 0 Å². The maximum Gasteiger partial charge on any atom is 0.128 e. The standard InChI is InChI=1S/C9H7BrN4/c10-9-2-1-8(13-14-9)6-3-7(11)5-12-4-6/h1-5H,11H2. The monoisotopic (exact) mass is 250 g/mol. The van der Waals surface area contributed by atoms with Crippen molar-refractivity contribution in [3.8, 4) is 11.3 Å². The second-order valence-electron chi connectivity index (χ2n) is 2.75. The predicted molar refractivity (Wildman–Crippen MR) is 57.4 cm³/mol. The molecule has 0 aliphatic rings. The minimum atomic E-state index is 0.618. The molecule has 0 unspecified atom stereocenters. The van der Waals surface area contributed by atoms with Crippen LogP contribution in [-0.2, 0) is 0 Å². The quantitative estimate of drug-likeness (QED) is 0.840. The lowest BCUT2D eigenvalue weighted by Gasteiger charge is -1.99. The van der Waals surface area contributed by atoms with Gasteiger partial charge in [0, 0.05) is 18.0 Å². The average Bonchev–Trinajstić information content (AvgIpc) is 2.19. The van der Waals surface area contributed by atoms with E-state index in [-0.39, 0.29) is 0 Å². The van der Waals surface area contributed by atoms with Crippen LogP contribution in [-0.4, -0.2) is 15.2 Å². The fraction of sp³-hybridized carbons (Fsp3) is 0. The molecule has 14 heavy (non-hydrogen) atoms. The highest BCUT2D eigenvalue weighted by Gasteiger charge is 2.00. The van der Waals surface area contributed by atoms with Crippen molar-refractivity contribution in [1.82, 2.24) is 15.2 Å². The molecule has 70 valence electrons. The van der Waals surface area contributed by atoms with Crippen LogP contribution in [0.25, 0.3) is 11.3 Å². The number of nitrogens with zero attached hydrogens (tertiary/aromatic N) is 3. The molecular formula is C9H7BrN4. The van der Waals surface area contributed by atoms with E-state index in [1.165, 1.54) is 0 Å². The summed E-state index contributed by atoms with van der Waals surface area (Å²) in [6.45, 7) is 0. The minimum absolute atomic E-state index is 0.618. The van der Waals surface area contributed by atoms with E-state index < -0.39 is 0 Å². The Balaban J connectivity index is 2.44. The molecule has 0 fully saturated rings. The molecule has 0 aliphatic heterocycles. The Labute approximate surface area is 89.3 Å². The Morgan fingerprint density at radius 2 is 2.00 bits per heavy atom. The van der Waals surface area contributed by atoms with Crippen LogP contribution in [0.2, 0.25) is 0 Å². The number of hydrogen-bond acceptors (Lipinski definition) is 4. The fourth-order valence-corrected chi connectivity index (χ4v) is 1.28. The molecule has 0 spiro atoms. The molecule has 2 heterocycles. The zero-order valence-corrected chi connectivity index (χ0v) is 8.77. The van der Waals surface area contributed by atoms with Gasteiger partial charge in [-0.05, 0) is 34.1 Å². The molecule has 2 rings (SSSR count). The van der Waals surface area contributed by atoms with Crippen molar-refractivity contribution in [1.29, 1.82) is 0 Å². The third-order valence-corrected chi connectivity index (χ3v) is 2.11. The first kappa shape index (κ1) is 9.08. The second-order valence-corrected chi connectivity index (χ2v) is 3.56. The number of hydrogen-bond donors (Lipinski definition) is 1. The van der Waals surface area contributed by atoms with Crippen molar-refractivity contribution in [2.45, 2.75) is 0 Å². The predicted octanol–water partition coefficient (Wildman–Crippen LogP) is 1.88. The van der Waals surface area contributed by atoms with E-state index in [2.05, 4.69) is 31.1 Å². The van der Waals surface area contributed by atoms with Crippen LogP contribution >= 0.6 is 15.9 Å². The Hall–Kier alpha value is -1.49. The zero-order valence-electron chi connectivity index (χ0n) is 7.18. The summed E-state index contributed by atoms with van der Waals surface area (Å²) in [6, 6.07) is 5.49. The average molecular weight is 251 g/mol. The van der Waals surface area contributed by atoms with E-state index in [4.69, 9.17) is 5.73 Å². The van der Waals surface area contributed by atoms with Crippen molar-refractivity contribution in [3.63, 3.8) is 0 Å². The van der Waals surface area contributed by atoms with E-state index in [0.29, 0.717) is 10.3 Å². The highest BCUT2D eigenvalue weighted by molar-refractivity contribution is 9.10. The van der Waals surface area contributed by atoms with Crippen molar-refractivity contribution >= 4 is 21.6 Å². The van der Waals surface area contributed by atoms with Crippen LogP contribution in [0.1, 0.15) is 0 Å². The Morgan fingerprint density at radius 3 is 2.64 bits per heavy atom. The Bertz CT molecular complexity index is 441. The van der Waals surface area contributed by atoms with Crippen molar-refractivity contribution in [3.05, 3.63) is 35.2 Å². The molecule has 0 aromatic carbocycles. The van der Waals surface area contributed by atoms with Crippen LogP contribution in [0.15, 0.2) is 35.2 Å². The summed E-state index contributed by atoms with van der Waals surface area (Å²) >= 11 is 3.22. The molecule has 4 nitrogen and oxygen atoms in total. The van der Waals surface area contributed by atoms with Crippen LogP contribution < -0.4 is 5.73 Å². The van der Waals surface area contributed by atoms with E-state index in [9.17, 15) is 0 Å². The van der Waals surface area contributed by atoms with Crippen molar-refractivity contribution in [2.75, 3.05) is 5.73 Å². The summed E-state index contributed by atoms with van der Waals surface area (Å²) < 4.78 is 0.707. The molecule has 0 radical (unpaired) electrons. The molecule has 0 saturated carbocycles. The summed E-state index contributed by atoms with van der Waals surface area (Å²) in [4.78, 5) is 3.98. The van der Waals surface area contributed by atoms with Gasteiger partial charge >= 0.3 is 0 Å². The van der Waals surface area contributed by atoms with Gasteiger partial charge in [-0.3, -0.25) is 4.98 Å². The van der Waals surface area contributed by atoms with Gasteiger partial charge in [-0.2, -0.15) is 0 Å². The van der Waals surface area contributed by atoms with Gasteiger partial charge < -0.3 is 5.73 Å². The first-order valence-electron chi connectivity index (χ1n) is 3.96. The van der Waals surface area contributed by atoms with Gasteiger partial charge in [0.1, 0.15) is 4.60 Å². The van der Waals surface area contributed by atoms with Crippen LogP contribution in [0.5, 0.6) is 0 Å². The number of nitrogen functional groups attached to an aromatic ring is 1. The molecule has 2 aromatic heterocycles. The molecule has 5 heteroatoms. The van der Waals surface area contributed by atoms with Gasteiger partial charge in [0.05, 0.1) is 11.4 Å².